The molecule has 0 bridgehead atoms. The van der Waals surface area contributed by atoms with E-state index in [2.05, 4.69) is 20.5 Å². The summed E-state index contributed by atoms with van der Waals surface area (Å²) < 4.78 is 7.03. The van der Waals surface area contributed by atoms with E-state index >= 15 is 0 Å². The van der Waals surface area contributed by atoms with Gasteiger partial charge in [-0.1, -0.05) is 40.2 Å². The van der Waals surface area contributed by atoms with Gasteiger partial charge >= 0.3 is 0 Å². The third-order valence-corrected chi connectivity index (χ3v) is 5.03. The van der Waals surface area contributed by atoms with E-state index in [0.717, 1.165) is 43.4 Å². The molecule has 3 aromatic heterocycles. The molecule has 0 radical (unpaired) electrons. The smallest absolute Gasteiger partial charge is 0.234 e. The summed E-state index contributed by atoms with van der Waals surface area (Å²) in [4.78, 5) is 0.792. The Hall–Kier alpha value is -2.25. The monoisotopic (exact) mass is 359 g/mol. The molecule has 0 atom stereocenters. The third kappa shape index (κ3) is 2.81. The van der Waals surface area contributed by atoms with Crippen LogP contribution in [0.5, 0.6) is 0 Å². The van der Waals surface area contributed by atoms with Crippen LogP contribution in [0.15, 0.2) is 28.8 Å². The summed E-state index contributed by atoms with van der Waals surface area (Å²) in [5, 5.41) is 18.8. The minimum atomic E-state index is 0.660. The largest absolute Gasteiger partial charge is 0.361 e. The molecule has 8 heteroatoms. The second-order valence-corrected chi connectivity index (χ2v) is 7.07. The highest BCUT2D eigenvalue weighted by atomic mass is 35.5. The molecule has 0 spiro atoms. The maximum Gasteiger partial charge on any atom is 0.234 e. The number of aromatic nitrogens is 5. The molecule has 0 saturated carbocycles. The Labute approximate surface area is 147 Å². The van der Waals surface area contributed by atoms with E-state index in [9.17, 15) is 0 Å². The Balaban J connectivity index is 1.62. The lowest BCUT2D eigenvalue weighted by atomic mass is 10.1. The SMILES string of the molecule is Cc1noc(C)c1Cc1nn2c(Cc3ccc(Cl)cc3)nnc2s1. The molecule has 0 aliphatic heterocycles. The first kappa shape index (κ1) is 15.3. The molecular formula is C16H14ClN5OS. The molecule has 0 N–H and O–H groups in total. The van der Waals surface area contributed by atoms with Crippen LogP contribution in [0.25, 0.3) is 4.96 Å². The Morgan fingerprint density at radius 1 is 1.12 bits per heavy atom. The van der Waals surface area contributed by atoms with Crippen molar-refractivity contribution in [3.63, 3.8) is 0 Å². The Kier molecular flexibility index (Phi) is 3.82. The van der Waals surface area contributed by atoms with Gasteiger partial charge < -0.3 is 4.52 Å². The van der Waals surface area contributed by atoms with E-state index in [0.29, 0.717) is 12.8 Å². The van der Waals surface area contributed by atoms with Gasteiger partial charge in [0.15, 0.2) is 5.82 Å². The zero-order valence-corrected chi connectivity index (χ0v) is 14.7. The normalized spacial score (nSPS) is 11.5. The van der Waals surface area contributed by atoms with Crippen molar-refractivity contribution < 1.29 is 4.52 Å². The molecule has 0 amide bonds. The van der Waals surface area contributed by atoms with Crippen LogP contribution in [0.4, 0.5) is 0 Å². The number of halogens is 1. The van der Waals surface area contributed by atoms with E-state index in [4.69, 9.17) is 16.1 Å². The fraction of sp³-hybridized carbons (Fsp3) is 0.250. The van der Waals surface area contributed by atoms with Crippen LogP contribution >= 0.6 is 22.9 Å². The van der Waals surface area contributed by atoms with Crippen molar-refractivity contribution in [2.45, 2.75) is 26.7 Å². The minimum absolute atomic E-state index is 0.660. The van der Waals surface area contributed by atoms with Gasteiger partial charge in [0.25, 0.3) is 0 Å². The fourth-order valence-electron chi connectivity index (χ4n) is 2.57. The molecule has 0 fully saturated rings. The lowest BCUT2D eigenvalue weighted by Gasteiger charge is -1.99. The highest BCUT2D eigenvalue weighted by Gasteiger charge is 2.16. The molecule has 24 heavy (non-hydrogen) atoms. The van der Waals surface area contributed by atoms with Gasteiger partial charge in [-0.15, -0.1) is 10.2 Å². The topological polar surface area (TPSA) is 69.1 Å². The van der Waals surface area contributed by atoms with Crippen molar-refractivity contribution in [3.8, 4) is 0 Å². The van der Waals surface area contributed by atoms with Gasteiger partial charge in [-0.05, 0) is 31.5 Å². The molecule has 0 aliphatic rings. The Morgan fingerprint density at radius 2 is 1.92 bits per heavy atom. The highest BCUT2D eigenvalue weighted by molar-refractivity contribution is 7.16. The quantitative estimate of drug-likeness (QED) is 0.556. The van der Waals surface area contributed by atoms with Crippen molar-refractivity contribution >= 4 is 27.9 Å². The summed E-state index contributed by atoms with van der Waals surface area (Å²) >= 11 is 7.46. The second kappa shape index (κ2) is 5.99. The number of hydrogen-bond donors (Lipinski definition) is 0. The van der Waals surface area contributed by atoms with Crippen molar-refractivity contribution in [2.75, 3.05) is 0 Å². The average molecular weight is 360 g/mol. The number of hydrogen-bond acceptors (Lipinski definition) is 6. The van der Waals surface area contributed by atoms with E-state index in [1.165, 1.54) is 11.3 Å². The summed E-state index contributed by atoms with van der Waals surface area (Å²) in [5.41, 5.74) is 3.10. The van der Waals surface area contributed by atoms with Crippen LogP contribution < -0.4 is 0 Å². The summed E-state index contributed by atoms with van der Waals surface area (Å²) in [6.45, 7) is 3.86. The zero-order valence-electron chi connectivity index (χ0n) is 13.2. The fourth-order valence-corrected chi connectivity index (χ4v) is 3.56. The van der Waals surface area contributed by atoms with Crippen molar-refractivity contribution in [1.82, 2.24) is 25.0 Å². The molecule has 0 unspecified atom stereocenters. The van der Waals surface area contributed by atoms with Gasteiger partial charge in [0, 0.05) is 23.4 Å². The molecule has 4 rings (SSSR count). The number of nitrogens with zero attached hydrogens (tertiary/aromatic N) is 5. The van der Waals surface area contributed by atoms with E-state index < -0.39 is 0 Å². The average Bonchev–Trinajstić information content (AvgIpc) is 3.22. The van der Waals surface area contributed by atoms with Crippen LogP contribution in [-0.4, -0.2) is 25.0 Å². The maximum atomic E-state index is 5.93. The van der Waals surface area contributed by atoms with Crippen molar-refractivity contribution in [3.05, 3.63) is 62.7 Å². The van der Waals surface area contributed by atoms with Crippen LogP contribution in [0.2, 0.25) is 5.02 Å². The molecule has 3 heterocycles. The maximum absolute atomic E-state index is 5.93. The lowest BCUT2D eigenvalue weighted by Crippen LogP contribution is -1.99. The third-order valence-electron chi connectivity index (χ3n) is 3.88. The molecule has 6 nitrogen and oxygen atoms in total. The van der Waals surface area contributed by atoms with Crippen molar-refractivity contribution in [1.29, 1.82) is 0 Å². The number of fused-ring (bicyclic) bond motifs is 1. The predicted molar refractivity (Wildman–Crippen MR) is 91.7 cm³/mol. The van der Waals surface area contributed by atoms with Gasteiger partial charge in [0.05, 0.1) is 5.69 Å². The van der Waals surface area contributed by atoms with Gasteiger partial charge in [-0.25, -0.2) is 0 Å². The molecule has 4 aromatic rings. The highest BCUT2D eigenvalue weighted by Crippen LogP contribution is 2.22. The summed E-state index contributed by atoms with van der Waals surface area (Å²) in [5.74, 6) is 1.65. The lowest BCUT2D eigenvalue weighted by molar-refractivity contribution is 0.392. The first-order valence-corrected chi connectivity index (χ1v) is 8.66. The van der Waals surface area contributed by atoms with E-state index in [-0.39, 0.29) is 0 Å². The minimum Gasteiger partial charge on any atom is -0.361 e. The van der Waals surface area contributed by atoms with Crippen LogP contribution in [0.1, 0.15) is 33.4 Å². The number of aryl methyl sites for hydroxylation is 2. The number of benzene rings is 1. The first-order chi connectivity index (χ1) is 11.6. The summed E-state index contributed by atoms with van der Waals surface area (Å²) in [6.07, 6.45) is 1.35. The summed E-state index contributed by atoms with van der Waals surface area (Å²) in [6, 6.07) is 7.72. The summed E-state index contributed by atoms with van der Waals surface area (Å²) in [7, 11) is 0. The van der Waals surface area contributed by atoms with Gasteiger partial charge in [0.1, 0.15) is 10.8 Å². The Bertz CT molecular complexity index is 982. The molecule has 122 valence electrons. The molecule has 0 aliphatic carbocycles. The van der Waals surface area contributed by atoms with Gasteiger partial charge in [0.2, 0.25) is 4.96 Å². The predicted octanol–water partition coefficient (Wildman–Crippen LogP) is 3.63. The van der Waals surface area contributed by atoms with E-state index in [1.54, 1.807) is 0 Å². The molecule has 0 saturated heterocycles. The van der Waals surface area contributed by atoms with E-state index in [1.807, 2.05) is 42.6 Å². The van der Waals surface area contributed by atoms with Crippen molar-refractivity contribution in [2.24, 2.45) is 0 Å². The van der Waals surface area contributed by atoms with Gasteiger partial charge in [-0.3, -0.25) is 0 Å². The standard InChI is InChI=1S/C16H14ClN5OS/c1-9-13(10(2)23-21-9)8-15-20-22-14(18-19-16(22)24-15)7-11-3-5-12(17)6-4-11/h3-6H,7-8H2,1-2H3. The van der Waals surface area contributed by atoms with Crippen LogP contribution in [0, 0.1) is 13.8 Å². The Morgan fingerprint density at radius 3 is 2.62 bits per heavy atom. The molecular weight excluding hydrogens is 346 g/mol. The molecule has 1 aromatic carbocycles. The van der Waals surface area contributed by atoms with Crippen LogP contribution in [-0.2, 0) is 12.8 Å². The zero-order chi connectivity index (χ0) is 16.7. The van der Waals surface area contributed by atoms with Gasteiger partial charge in [-0.2, -0.15) is 9.61 Å². The second-order valence-electron chi connectivity index (χ2n) is 5.59. The first-order valence-electron chi connectivity index (χ1n) is 7.46. The number of rotatable bonds is 4. The van der Waals surface area contributed by atoms with Crippen LogP contribution in [0.3, 0.4) is 0 Å².